The molecule has 15 heavy (non-hydrogen) atoms. The van der Waals surface area contributed by atoms with Gasteiger partial charge in [-0.15, -0.1) is 0 Å². The van der Waals surface area contributed by atoms with E-state index >= 15 is 0 Å². The molecule has 2 heteroatoms. The Morgan fingerprint density at radius 3 is 2.33 bits per heavy atom. The molecule has 90 valence electrons. The molecule has 2 rings (SSSR count). The van der Waals surface area contributed by atoms with E-state index in [0.717, 1.165) is 6.61 Å². The first-order chi connectivity index (χ1) is 7.22. The quantitative estimate of drug-likeness (QED) is 0.664. The Morgan fingerprint density at radius 2 is 1.80 bits per heavy atom. The van der Waals surface area contributed by atoms with Gasteiger partial charge >= 0.3 is 0 Å². The zero-order valence-electron chi connectivity index (χ0n) is 10.9. The molecule has 0 aliphatic carbocycles. The fraction of sp³-hybridized carbons (Fsp3) is 1.00. The summed E-state index contributed by atoms with van der Waals surface area (Å²) in [6.07, 6.45) is 5.16. The highest BCUT2D eigenvalue weighted by atomic mass is 16.5. The van der Waals surface area contributed by atoms with E-state index in [9.17, 15) is 0 Å². The fourth-order valence-corrected chi connectivity index (χ4v) is 2.65. The number of hydrogen-bond acceptors (Lipinski definition) is 2. The summed E-state index contributed by atoms with van der Waals surface area (Å²) in [7, 11) is 0. The third-order valence-electron chi connectivity index (χ3n) is 3.48. The molecule has 1 atom stereocenters. The van der Waals surface area contributed by atoms with Gasteiger partial charge in [0.1, 0.15) is 0 Å². The molecule has 0 aromatic carbocycles. The average molecular weight is 213 g/mol. The maximum absolute atomic E-state index is 5.92. The lowest BCUT2D eigenvalue weighted by atomic mass is 9.89. The number of piperidine rings is 1. The second-order valence-electron chi connectivity index (χ2n) is 4.80. The van der Waals surface area contributed by atoms with Crippen molar-refractivity contribution in [2.45, 2.75) is 65.0 Å². The largest absolute Gasteiger partial charge is 0.374 e. The number of rotatable bonds is 1. The molecule has 2 aliphatic heterocycles. The van der Waals surface area contributed by atoms with Crippen LogP contribution in [0.5, 0.6) is 0 Å². The third-order valence-corrected chi connectivity index (χ3v) is 3.48. The molecule has 2 aliphatic rings. The second kappa shape index (κ2) is 5.86. The topological polar surface area (TPSA) is 12.5 Å². The van der Waals surface area contributed by atoms with Crippen LogP contribution in [0.1, 0.15) is 53.4 Å². The number of hydrogen-bond donors (Lipinski definition) is 0. The summed E-state index contributed by atoms with van der Waals surface area (Å²) in [6.45, 7) is 12.0. The van der Waals surface area contributed by atoms with Crippen LogP contribution in [-0.4, -0.2) is 36.2 Å². The molecule has 2 fully saturated rings. The summed E-state index contributed by atoms with van der Waals surface area (Å²) in [4.78, 5) is 2.56. The molecule has 2 heterocycles. The Balaban J connectivity index is 0.000000531. The molecular formula is C13H27NO. The van der Waals surface area contributed by atoms with E-state index in [1.54, 1.807) is 0 Å². The average Bonchev–Trinajstić information content (AvgIpc) is 2.69. The molecule has 0 bridgehead atoms. The van der Waals surface area contributed by atoms with Gasteiger partial charge in [0.05, 0.1) is 5.60 Å². The first-order valence-electron chi connectivity index (χ1n) is 6.60. The number of nitrogens with zero attached hydrogens (tertiary/aromatic N) is 1. The van der Waals surface area contributed by atoms with E-state index in [-0.39, 0.29) is 5.60 Å². The van der Waals surface area contributed by atoms with E-state index in [0.29, 0.717) is 6.04 Å². The van der Waals surface area contributed by atoms with Gasteiger partial charge in [-0.2, -0.15) is 0 Å². The Kier molecular flexibility index (Phi) is 5.07. The Morgan fingerprint density at radius 1 is 1.13 bits per heavy atom. The van der Waals surface area contributed by atoms with Crippen LogP contribution in [0.25, 0.3) is 0 Å². The maximum Gasteiger partial charge on any atom is 0.0810 e. The molecule has 1 unspecified atom stereocenters. The molecule has 2 saturated heterocycles. The zero-order chi connectivity index (χ0) is 11.3. The minimum absolute atomic E-state index is 0.252. The minimum Gasteiger partial charge on any atom is -0.374 e. The van der Waals surface area contributed by atoms with Crippen LogP contribution in [0.4, 0.5) is 0 Å². The molecule has 1 spiro atoms. The van der Waals surface area contributed by atoms with Crippen LogP contribution >= 0.6 is 0 Å². The monoisotopic (exact) mass is 213 g/mol. The van der Waals surface area contributed by atoms with Gasteiger partial charge in [0, 0.05) is 19.2 Å². The molecule has 0 aromatic rings. The number of likely N-dealkylation sites (tertiary alicyclic amines) is 1. The van der Waals surface area contributed by atoms with Gasteiger partial charge in [-0.3, -0.25) is 4.90 Å². The Hall–Kier alpha value is -0.0800. The summed E-state index contributed by atoms with van der Waals surface area (Å²) in [5.74, 6) is 0. The van der Waals surface area contributed by atoms with Gasteiger partial charge in [0.15, 0.2) is 0 Å². The second-order valence-corrected chi connectivity index (χ2v) is 4.80. The lowest BCUT2D eigenvalue weighted by Crippen LogP contribution is -2.50. The van der Waals surface area contributed by atoms with Gasteiger partial charge in [-0.1, -0.05) is 13.8 Å². The molecule has 0 N–H and O–H groups in total. The lowest BCUT2D eigenvalue weighted by molar-refractivity contribution is -0.0583. The van der Waals surface area contributed by atoms with Gasteiger partial charge in [0.25, 0.3) is 0 Å². The lowest BCUT2D eigenvalue weighted by Gasteiger charge is -2.41. The molecule has 0 aromatic heterocycles. The van der Waals surface area contributed by atoms with Crippen molar-refractivity contribution in [3.8, 4) is 0 Å². The predicted octanol–water partition coefficient (Wildman–Crippen LogP) is 3.07. The van der Waals surface area contributed by atoms with Crippen LogP contribution < -0.4 is 0 Å². The summed E-state index contributed by atoms with van der Waals surface area (Å²) in [6, 6.07) is 0.682. The zero-order valence-corrected chi connectivity index (χ0v) is 10.9. The van der Waals surface area contributed by atoms with E-state index in [4.69, 9.17) is 4.74 Å². The molecule has 0 radical (unpaired) electrons. The Labute approximate surface area is 95.0 Å². The van der Waals surface area contributed by atoms with Crippen LogP contribution in [0.15, 0.2) is 0 Å². The fourth-order valence-electron chi connectivity index (χ4n) is 2.65. The van der Waals surface area contributed by atoms with Crippen molar-refractivity contribution in [1.82, 2.24) is 4.90 Å². The van der Waals surface area contributed by atoms with Gasteiger partial charge in [-0.25, -0.2) is 0 Å². The highest BCUT2D eigenvalue weighted by Crippen LogP contribution is 2.34. The van der Waals surface area contributed by atoms with Crippen LogP contribution in [0.2, 0.25) is 0 Å². The molecular weight excluding hydrogens is 186 g/mol. The molecule has 0 saturated carbocycles. The number of ether oxygens (including phenoxy) is 1. The van der Waals surface area contributed by atoms with Crippen molar-refractivity contribution in [1.29, 1.82) is 0 Å². The van der Waals surface area contributed by atoms with Crippen LogP contribution in [-0.2, 0) is 4.74 Å². The standard InChI is InChI=1S/C11H21NO.C2H6/c1-10(2)12-7-3-5-11(9-12)6-4-8-13-11;1-2/h10H,3-9H2,1-2H3;1-2H3. The first-order valence-corrected chi connectivity index (χ1v) is 6.60. The maximum atomic E-state index is 5.92. The van der Waals surface area contributed by atoms with Crippen LogP contribution in [0, 0.1) is 0 Å². The Bertz CT molecular complexity index is 173. The van der Waals surface area contributed by atoms with Crippen molar-refractivity contribution in [2.75, 3.05) is 19.7 Å². The summed E-state index contributed by atoms with van der Waals surface area (Å²) in [5.41, 5.74) is 0.252. The highest BCUT2D eigenvalue weighted by Gasteiger charge is 2.39. The smallest absolute Gasteiger partial charge is 0.0810 e. The third kappa shape index (κ3) is 3.18. The van der Waals surface area contributed by atoms with Crippen molar-refractivity contribution >= 4 is 0 Å². The van der Waals surface area contributed by atoms with Gasteiger partial charge in [-0.05, 0) is 46.1 Å². The van der Waals surface area contributed by atoms with E-state index in [2.05, 4.69) is 18.7 Å². The molecule has 0 amide bonds. The highest BCUT2D eigenvalue weighted by molar-refractivity contribution is 4.92. The minimum atomic E-state index is 0.252. The summed E-state index contributed by atoms with van der Waals surface area (Å²) >= 11 is 0. The van der Waals surface area contributed by atoms with E-state index in [1.165, 1.54) is 38.8 Å². The van der Waals surface area contributed by atoms with E-state index < -0.39 is 0 Å². The SMILES string of the molecule is CC.CC(C)N1CCCC2(CCCO2)C1. The van der Waals surface area contributed by atoms with Crippen molar-refractivity contribution in [3.63, 3.8) is 0 Å². The van der Waals surface area contributed by atoms with Gasteiger partial charge in [0.2, 0.25) is 0 Å². The normalized spacial score (nSPS) is 31.8. The van der Waals surface area contributed by atoms with Crippen LogP contribution in [0.3, 0.4) is 0 Å². The predicted molar refractivity (Wildman–Crippen MR) is 65.2 cm³/mol. The van der Waals surface area contributed by atoms with Crippen molar-refractivity contribution in [3.05, 3.63) is 0 Å². The summed E-state index contributed by atoms with van der Waals surface area (Å²) in [5, 5.41) is 0. The van der Waals surface area contributed by atoms with Crippen molar-refractivity contribution < 1.29 is 4.74 Å². The van der Waals surface area contributed by atoms with E-state index in [1.807, 2.05) is 13.8 Å². The van der Waals surface area contributed by atoms with Gasteiger partial charge < -0.3 is 4.74 Å². The summed E-state index contributed by atoms with van der Waals surface area (Å²) < 4.78 is 5.92. The first kappa shape index (κ1) is 13.0. The van der Waals surface area contributed by atoms with Crippen molar-refractivity contribution in [2.24, 2.45) is 0 Å². The molecule has 2 nitrogen and oxygen atoms in total.